The Kier molecular flexibility index (Phi) is 7.94. The molecule has 0 radical (unpaired) electrons. The molecule has 2 aliphatic rings. The van der Waals surface area contributed by atoms with E-state index in [0.717, 1.165) is 48.9 Å². The van der Waals surface area contributed by atoms with Crippen molar-refractivity contribution < 1.29 is 14.3 Å². The molecule has 1 N–H and O–H groups in total. The third kappa shape index (κ3) is 5.45. The van der Waals surface area contributed by atoms with E-state index in [1.807, 2.05) is 6.92 Å². The molecule has 1 aliphatic heterocycles. The van der Waals surface area contributed by atoms with Gasteiger partial charge in [0.25, 0.3) is 5.91 Å². The van der Waals surface area contributed by atoms with E-state index < -0.39 is 10.8 Å². The molecule has 2 fully saturated rings. The van der Waals surface area contributed by atoms with Gasteiger partial charge in [0.05, 0.1) is 11.5 Å². The van der Waals surface area contributed by atoms with E-state index in [-0.39, 0.29) is 29.4 Å². The summed E-state index contributed by atoms with van der Waals surface area (Å²) >= 11 is 1.57. The predicted molar refractivity (Wildman–Crippen MR) is 133 cm³/mol. The molecular formula is C26H43N3O3S. The summed E-state index contributed by atoms with van der Waals surface area (Å²) in [6.07, 6.45) is 8.82. The van der Waals surface area contributed by atoms with Crippen molar-refractivity contribution in [1.82, 2.24) is 9.27 Å². The lowest BCUT2D eigenvalue weighted by Gasteiger charge is -2.39. The zero-order valence-electron chi connectivity index (χ0n) is 21.6. The van der Waals surface area contributed by atoms with Gasteiger partial charge in [-0.25, -0.2) is 4.99 Å². The monoisotopic (exact) mass is 477 g/mol. The van der Waals surface area contributed by atoms with Crippen molar-refractivity contribution in [2.45, 2.75) is 105 Å². The fourth-order valence-corrected chi connectivity index (χ4v) is 6.10. The van der Waals surface area contributed by atoms with Crippen LogP contribution in [0.15, 0.2) is 11.2 Å². The first-order valence-corrected chi connectivity index (χ1v) is 13.4. The summed E-state index contributed by atoms with van der Waals surface area (Å²) in [6, 6.07) is 0. The quantitative estimate of drug-likeness (QED) is 0.612. The smallest absolute Gasteiger partial charge is 0.250 e. The van der Waals surface area contributed by atoms with E-state index in [1.165, 1.54) is 0 Å². The Morgan fingerprint density at radius 1 is 1.27 bits per heavy atom. The molecule has 0 bridgehead atoms. The van der Waals surface area contributed by atoms with Crippen LogP contribution in [-0.2, 0) is 26.3 Å². The Bertz CT molecular complexity index is 918. The van der Waals surface area contributed by atoms with Gasteiger partial charge in [-0.05, 0) is 76.2 Å². The lowest BCUT2D eigenvalue weighted by molar-refractivity contribution is -0.138. The molecule has 0 unspecified atom stereocenters. The van der Waals surface area contributed by atoms with Gasteiger partial charge < -0.3 is 10.1 Å². The van der Waals surface area contributed by atoms with Gasteiger partial charge in [-0.3, -0.25) is 13.5 Å². The largest absolute Gasteiger partial charge is 0.376 e. The van der Waals surface area contributed by atoms with E-state index in [2.05, 4.69) is 62.0 Å². The van der Waals surface area contributed by atoms with E-state index in [1.54, 1.807) is 11.5 Å². The zero-order chi connectivity index (χ0) is 24.4. The predicted octanol–water partition coefficient (Wildman–Crippen LogP) is 4.81. The molecule has 2 heterocycles. The molecule has 7 heteroatoms. The number of nitrogens with one attached hydrogen (secondary N) is 1. The summed E-state index contributed by atoms with van der Waals surface area (Å²) in [7, 11) is 0. The highest BCUT2D eigenvalue weighted by molar-refractivity contribution is 7.04. The lowest BCUT2D eigenvalue weighted by Crippen LogP contribution is -2.49. The van der Waals surface area contributed by atoms with Crippen molar-refractivity contribution in [1.29, 1.82) is 0 Å². The van der Waals surface area contributed by atoms with Crippen molar-refractivity contribution in [2.75, 3.05) is 13.2 Å². The molecule has 2 amide bonds. The summed E-state index contributed by atoms with van der Waals surface area (Å²) in [6.45, 7) is 16.1. The average Bonchev–Trinajstić information content (AvgIpc) is 3.44. The molecular weight excluding hydrogens is 434 g/mol. The number of aryl methyl sites for hydroxylation is 1. The van der Waals surface area contributed by atoms with Gasteiger partial charge in [0.2, 0.25) is 5.91 Å². The maximum atomic E-state index is 13.5. The van der Waals surface area contributed by atoms with Crippen LogP contribution < -0.4 is 9.99 Å². The highest BCUT2D eigenvalue weighted by atomic mass is 32.1. The lowest BCUT2D eigenvalue weighted by atomic mass is 9.65. The standard InChI is InChI=1S/C26H43N3O3S/c1-8-9-11-18-17-29(24(2,3)4)33-22(18)28-21(30)20-13-14-26(7,25(20,5)6)23(31)27-16-19-12-10-15-32-19/h17,19-20H,8-16H2,1-7H3,(H,27,31)/b28-22-/t19-,20-,26+/m0/s1. The highest BCUT2D eigenvalue weighted by Crippen LogP contribution is 2.56. The molecule has 3 rings (SSSR count). The van der Waals surface area contributed by atoms with Gasteiger partial charge in [0, 0.05) is 36.4 Å². The molecule has 33 heavy (non-hydrogen) atoms. The second kappa shape index (κ2) is 10.0. The Morgan fingerprint density at radius 2 is 2.00 bits per heavy atom. The van der Waals surface area contributed by atoms with Crippen LogP contribution in [-0.4, -0.2) is 35.0 Å². The number of nitrogens with zero attached hydrogens (tertiary/aromatic N) is 2. The molecule has 3 atom stereocenters. The van der Waals surface area contributed by atoms with Crippen molar-refractivity contribution in [3.63, 3.8) is 0 Å². The third-order valence-corrected chi connectivity index (χ3v) is 9.32. The second-order valence-corrected chi connectivity index (χ2v) is 12.6. The van der Waals surface area contributed by atoms with Crippen LogP contribution >= 0.6 is 11.5 Å². The van der Waals surface area contributed by atoms with Crippen LogP contribution in [0.4, 0.5) is 0 Å². The van der Waals surface area contributed by atoms with Gasteiger partial charge in [0.1, 0.15) is 4.67 Å². The van der Waals surface area contributed by atoms with Crippen molar-refractivity contribution in [2.24, 2.45) is 21.7 Å². The number of aromatic nitrogens is 1. The Labute approximate surface area is 203 Å². The number of hydrogen-bond donors (Lipinski definition) is 1. The fourth-order valence-electron chi connectivity index (χ4n) is 5.06. The van der Waals surface area contributed by atoms with E-state index >= 15 is 0 Å². The molecule has 1 aromatic rings. The first-order chi connectivity index (χ1) is 15.4. The summed E-state index contributed by atoms with van der Waals surface area (Å²) in [5.41, 5.74) is 0.0230. The van der Waals surface area contributed by atoms with Crippen LogP contribution in [0.5, 0.6) is 0 Å². The third-order valence-electron chi connectivity index (χ3n) is 7.94. The Morgan fingerprint density at radius 3 is 2.61 bits per heavy atom. The summed E-state index contributed by atoms with van der Waals surface area (Å²) in [4.78, 5) is 31.4. The minimum absolute atomic E-state index is 0.0311. The molecule has 0 spiro atoms. The van der Waals surface area contributed by atoms with E-state index in [0.29, 0.717) is 19.4 Å². The van der Waals surface area contributed by atoms with Crippen LogP contribution in [0.25, 0.3) is 0 Å². The summed E-state index contributed by atoms with van der Waals surface area (Å²) in [5.74, 6) is -0.319. The molecule has 1 aliphatic carbocycles. The van der Waals surface area contributed by atoms with Crippen LogP contribution in [0, 0.1) is 16.7 Å². The molecule has 186 valence electrons. The van der Waals surface area contributed by atoms with Crippen LogP contribution in [0.2, 0.25) is 0 Å². The number of ether oxygens (including phenoxy) is 1. The van der Waals surface area contributed by atoms with Gasteiger partial charge in [-0.1, -0.05) is 34.1 Å². The van der Waals surface area contributed by atoms with Gasteiger partial charge in [-0.15, -0.1) is 0 Å². The maximum absolute atomic E-state index is 13.5. The summed E-state index contributed by atoms with van der Waals surface area (Å²) < 4.78 is 8.69. The van der Waals surface area contributed by atoms with Crippen molar-refractivity contribution in [3.05, 3.63) is 16.4 Å². The molecule has 1 saturated heterocycles. The zero-order valence-corrected chi connectivity index (χ0v) is 22.4. The van der Waals surface area contributed by atoms with Crippen LogP contribution in [0.1, 0.15) is 92.6 Å². The maximum Gasteiger partial charge on any atom is 0.250 e. The second-order valence-electron chi connectivity index (χ2n) is 11.6. The molecule has 1 saturated carbocycles. The number of carbonyl (C=O) groups excluding carboxylic acids is 2. The van der Waals surface area contributed by atoms with E-state index in [9.17, 15) is 9.59 Å². The van der Waals surface area contributed by atoms with Gasteiger partial charge in [-0.2, -0.15) is 0 Å². The van der Waals surface area contributed by atoms with E-state index in [4.69, 9.17) is 4.74 Å². The minimum Gasteiger partial charge on any atom is -0.376 e. The molecule has 6 nitrogen and oxygen atoms in total. The van der Waals surface area contributed by atoms with Gasteiger partial charge >= 0.3 is 0 Å². The number of hydrogen-bond acceptors (Lipinski definition) is 4. The minimum atomic E-state index is -0.604. The number of rotatable bonds is 7. The topological polar surface area (TPSA) is 72.7 Å². The first kappa shape index (κ1) is 26.1. The average molecular weight is 478 g/mol. The SMILES string of the molecule is CCCCc1cn(C(C)(C)C)s/c1=N\C(=O)[C@@H]1CC[C@](C)(C(=O)NC[C@@H]2CCCO2)C1(C)C. The number of carbonyl (C=O) groups is 2. The van der Waals surface area contributed by atoms with Gasteiger partial charge in [0.15, 0.2) is 0 Å². The Balaban J connectivity index is 1.80. The number of unbranched alkanes of at least 4 members (excludes halogenated alkanes) is 1. The molecule has 0 aromatic carbocycles. The normalized spacial score (nSPS) is 27.8. The first-order valence-electron chi connectivity index (χ1n) is 12.6. The molecule has 1 aromatic heterocycles. The van der Waals surface area contributed by atoms with Crippen LogP contribution in [0.3, 0.4) is 0 Å². The highest BCUT2D eigenvalue weighted by Gasteiger charge is 2.58. The Hall–Kier alpha value is -1.47. The number of amides is 2. The fraction of sp³-hybridized carbons (Fsp3) is 0.808. The van der Waals surface area contributed by atoms with Crippen molar-refractivity contribution >= 4 is 23.3 Å². The summed E-state index contributed by atoms with van der Waals surface area (Å²) in [5, 5.41) is 3.12. The van der Waals surface area contributed by atoms with Crippen molar-refractivity contribution in [3.8, 4) is 0 Å².